The minimum absolute atomic E-state index is 0.253. The average molecular weight is 405 g/mol. The smallest absolute Gasteiger partial charge is 0.273 e. The third kappa shape index (κ3) is 4.71. The van der Waals surface area contributed by atoms with Gasteiger partial charge in [-0.15, -0.1) is 0 Å². The number of hydrogen-bond donors (Lipinski definition) is 1. The molecule has 0 aliphatic rings. The first-order valence-electron chi connectivity index (χ1n) is 9.93. The standard InChI is InChI=1S/C24H27N3O3/c1-5-13-30-22-12-11-19(15-23(22)29-4)16-25-26-24(28)21-14-17(2)27(18(21)3)20-9-7-6-8-10-20/h6-12,14-16H,5,13H2,1-4H3,(H,26,28)/b25-16+. The summed E-state index contributed by atoms with van der Waals surface area (Å²) in [6.07, 6.45) is 2.50. The van der Waals surface area contributed by atoms with Crippen LogP contribution >= 0.6 is 0 Å². The Bertz CT molecular complexity index is 1040. The van der Waals surface area contributed by atoms with Crippen molar-refractivity contribution in [1.29, 1.82) is 0 Å². The summed E-state index contributed by atoms with van der Waals surface area (Å²) in [7, 11) is 1.60. The lowest BCUT2D eigenvalue weighted by molar-refractivity contribution is 0.0954. The number of benzene rings is 2. The molecule has 2 aromatic carbocycles. The van der Waals surface area contributed by atoms with E-state index in [1.807, 2.05) is 75.4 Å². The highest BCUT2D eigenvalue weighted by Gasteiger charge is 2.16. The summed E-state index contributed by atoms with van der Waals surface area (Å²) in [6.45, 7) is 6.59. The van der Waals surface area contributed by atoms with Crippen molar-refractivity contribution in [2.75, 3.05) is 13.7 Å². The van der Waals surface area contributed by atoms with Crippen molar-refractivity contribution in [2.45, 2.75) is 27.2 Å². The summed E-state index contributed by atoms with van der Waals surface area (Å²) in [5, 5.41) is 4.11. The fourth-order valence-electron chi connectivity index (χ4n) is 3.29. The Balaban J connectivity index is 1.72. The van der Waals surface area contributed by atoms with Gasteiger partial charge in [-0.2, -0.15) is 5.10 Å². The van der Waals surface area contributed by atoms with Crippen LogP contribution in [0, 0.1) is 13.8 Å². The zero-order valence-electron chi connectivity index (χ0n) is 17.8. The number of rotatable bonds is 8. The second-order valence-corrected chi connectivity index (χ2v) is 6.91. The van der Waals surface area contributed by atoms with E-state index in [2.05, 4.69) is 15.1 Å². The summed E-state index contributed by atoms with van der Waals surface area (Å²) in [5.41, 5.74) is 6.87. The topological polar surface area (TPSA) is 64.8 Å². The zero-order chi connectivity index (χ0) is 21.5. The minimum Gasteiger partial charge on any atom is -0.493 e. The molecule has 3 rings (SSSR count). The molecule has 6 heteroatoms. The first-order valence-corrected chi connectivity index (χ1v) is 9.93. The number of nitrogens with zero attached hydrogens (tertiary/aromatic N) is 2. The monoisotopic (exact) mass is 405 g/mol. The van der Waals surface area contributed by atoms with Gasteiger partial charge < -0.3 is 14.0 Å². The molecule has 0 spiro atoms. The fourth-order valence-corrected chi connectivity index (χ4v) is 3.29. The number of nitrogens with one attached hydrogen (secondary N) is 1. The molecule has 6 nitrogen and oxygen atoms in total. The highest BCUT2D eigenvalue weighted by atomic mass is 16.5. The van der Waals surface area contributed by atoms with E-state index in [4.69, 9.17) is 9.47 Å². The number of aromatic nitrogens is 1. The van der Waals surface area contributed by atoms with Crippen molar-refractivity contribution < 1.29 is 14.3 Å². The van der Waals surface area contributed by atoms with E-state index in [1.165, 1.54) is 0 Å². The molecule has 0 bridgehead atoms. The molecule has 0 saturated carbocycles. The van der Waals surface area contributed by atoms with Gasteiger partial charge in [-0.3, -0.25) is 4.79 Å². The number of hydrogen-bond acceptors (Lipinski definition) is 4. The van der Waals surface area contributed by atoms with E-state index in [9.17, 15) is 4.79 Å². The highest BCUT2D eigenvalue weighted by molar-refractivity contribution is 5.96. The lowest BCUT2D eigenvalue weighted by Gasteiger charge is -2.10. The molecule has 3 aromatic rings. The summed E-state index contributed by atoms with van der Waals surface area (Å²) in [6, 6.07) is 17.4. The lowest BCUT2D eigenvalue weighted by atomic mass is 10.2. The zero-order valence-corrected chi connectivity index (χ0v) is 17.8. The Morgan fingerprint density at radius 2 is 1.87 bits per heavy atom. The number of carbonyl (C=O) groups excluding carboxylic acids is 1. The van der Waals surface area contributed by atoms with Gasteiger partial charge in [0.2, 0.25) is 0 Å². The minimum atomic E-state index is -0.253. The predicted molar refractivity (Wildman–Crippen MR) is 119 cm³/mol. The van der Waals surface area contributed by atoms with Crippen molar-refractivity contribution in [3.8, 4) is 17.2 Å². The van der Waals surface area contributed by atoms with Gasteiger partial charge in [0, 0.05) is 17.1 Å². The number of carbonyl (C=O) groups is 1. The predicted octanol–water partition coefficient (Wildman–Crippen LogP) is 4.66. The maximum atomic E-state index is 12.7. The maximum Gasteiger partial charge on any atom is 0.273 e. The molecule has 0 fully saturated rings. The molecule has 0 saturated heterocycles. The average Bonchev–Trinajstić information content (AvgIpc) is 3.07. The van der Waals surface area contributed by atoms with Crippen LogP contribution in [0.3, 0.4) is 0 Å². The maximum absolute atomic E-state index is 12.7. The van der Waals surface area contributed by atoms with E-state index in [0.717, 1.165) is 29.1 Å². The lowest BCUT2D eigenvalue weighted by Crippen LogP contribution is -2.18. The van der Waals surface area contributed by atoms with Crippen molar-refractivity contribution in [1.82, 2.24) is 9.99 Å². The third-order valence-corrected chi connectivity index (χ3v) is 4.72. The molecule has 0 radical (unpaired) electrons. The Morgan fingerprint density at radius 3 is 2.57 bits per heavy atom. The molecule has 0 atom stereocenters. The highest BCUT2D eigenvalue weighted by Crippen LogP contribution is 2.27. The van der Waals surface area contributed by atoms with Crippen LogP contribution in [0.4, 0.5) is 0 Å². The second-order valence-electron chi connectivity index (χ2n) is 6.91. The number of ether oxygens (including phenoxy) is 2. The first kappa shape index (κ1) is 21.2. The van der Waals surface area contributed by atoms with Gasteiger partial charge in [0.15, 0.2) is 11.5 Å². The Labute approximate surface area is 177 Å². The molecule has 0 aliphatic heterocycles. The summed E-state index contributed by atoms with van der Waals surface area (Å²) in [5.74, 6) is 1.07. The fraction of sp³-hybridized carbons (Fsp3) is 0.250. The van der Waals surface area contributed by atoms with E-state index >= 15 is 0 Å². The summed E-state index contributed by atoms with van der Waals surface area (Å²) >= 11 is 0. The summed E-state index contributed by atoms with van der Waals surface area (Å²) in [4.78, 5) is 12.7. The SMILES string of the molecule is CCCOc1ccc(/C=N/NC(=O)c2cc(C)n(-c3ccccc3)c2C)cc1OC. The van der Waals surface area contributed by atoms with E-state index < -0.39 is 0 Å². The number of amides is 1. The van der Waals surface area contributed by atoms with Crippen LogP contribution in [0.15, 0.2) is 59.7 Å². The van der Waals surface area contributed by atoms with Crippen molar-refractivity contribution in [3.63, 3.8) is 0 Å². The van der Waals surface area contributed by atoms with Crippen LogP contribution in [0.1, 0.15) is 40.7 Å². The van der Waals surface area contributed by atoms with Crippen LogP contribution < -0.4 is 14.9 Å². The quantitative estimate of drug-likeness (QED) is 0.438. The van der Waals surface area contributed by atoms with Gasteiger partial charge >= 0.3 is 0 Å². The van der Waals surface area contributed by atoms with Gasteiger partial charge in [-0.1, -0.05) is 25.1 Å². The number of hydrazone groups is 1. The molecular weight excluding hydrogens is 378 g/mol. The van der Waals surface area contributed by atoms with Crippen molar-refractivity contribution in [3.05, 3.63) is 77.1 Å². The molecule has 156 valence electrons. The molecular formula is C24H27N3O3. The second kappa shape index (κ2) is 9.78. The molecule has 1 aromatic heterocycles. The Hall–Kier alpha value is -3.54. The molecule has 1 amide bonds. The molecule has 0 unspecified atom stereocenters. The van der Waals surface area contributed by atoms with Crippen LogP contribution in [-0.2, 0) is 0 Å². The Morgan fingerprint density at radius 1 is 1.10 bits per heavy atom. The van der Waals surface area contributed by atoms with Crippen LogP contribution in [0.5, 0.6) is 11.5 Å². The van der Waals surface area contributed by atoms with Crippen LogP contribution in [0.2, 0.25) is 0 Å². The van der Waals surface area contributed by atoms with Gasteiger partial charge in [-0.25, -0.2) is 5.43 Å². The first-order chi connectivity index (χ1) is 14.5. The van der Waals surface area contributed by atoms with Crippen molar-refractivity contribution >= 4 is 12.1 Å². The molecule has 1 N–H and O–H groups in total. The molecule has 1 heterocycles. The van der Waals surface area contributed by atoms with Crippen LogP contribution in [-0.4, -0.2) is 30.4 Å². The van der Waals surface area contributed by atoms with Crippen LogP contribution in [0.25, 0.3) is 5.69 Å². The van der Waals surface area contributed by atoms with Gasteiger partial charge in [-0.05, 0) is 62.2 Å². The molecule has 30 heavy (non-hydrogen) atoms. The summed E-state index contributed by atoms with van der Waals surface area (Å²) < 4.78 is 13.1. The number of methoxy groups -OCH3 is 1. The third-order valence-electron chi connectivity index (χ3n) is 4.72. The number of para-hydroxylation sites is 1. The van der Waals surface area contributed by atoms with Gasteiger partial charge in [0.1, 0.15) is 0 Å². The van der Waals surface area contributed by atoms with E-state index in [0.29, 0.717) is 23.7 Å². The van der Waals surface area contributed by atoms with E-state index in [1.54, 1.807) is 13.3 Å². The molecule has 0 aliphatic carbocycles. The van der Waals surface area contributed by atoms with Gasteiger partial charge in [0.05, 0.1) is 25.5 Å². The largest absolute Gasteiger partial charge is 0.493 e. The van der Waals surface area contributed by atoms with Gasteiger partial charge in [0.25, 0.3) is 5.91 Å². The number of aryl methyl sites for hydroxylation is 1. The van der Waals surface area contributed by atoms with Crippen molar-refractivity contribution in [2.24, 2.45) is 5.10 Å². The normalized spacial score (nSPS) is 10.9. The Kier molecular flexibility index (Phi) is 6.91. The van der Waals surface area contributed by atoms with E-state index in [-0.39, 0.29) is 5.91 Å².